The normalized spacial score (nSPS) is 38.9. The summed E-state index contributed by atoms with van der Waals surface area (Å²) in [6.07, 6.45) is 3.42. The van der Waals surface area contributed by atoms with Gasteiger partial charge in [-0.25, -0.2) is 4.79 Å². The molecule has 106 valence electrons. The van der Waals surface area contributed by atoms with Gasteiger partial charge >= 0.3 is 12.0 Å². The summed E-state index contributed by atoms with van der Waals surface area (Å²) >= 11 is 0. The molecule has 3 rings (SSSR count). The predicted octanol–water partition coefficient (Wildman–Crippen LogP) is 1.68. The van der Waals surface area contributed by atoms with Gasteiger partial charge in [0.05, 0.1) is 5.41 Å². The third-order valence-corrected chi connectivity index (χ3v) is 5.34. The van der Waals surface area contributed by atoms with Crippen molar-refractivity contribution in [2.24, 2.45) is 16.7 Å². The lowest BCUT2D eigenvalue weighted by molar-refractivity contribution is -0.147. The second kappa shape index (κ2) is 3.87. The molecule has 0 aromatic carbocycles. The molecule has 0 aromatic rings. The van der Waals surface area contributed by atoms with Crippen molar-refractivity contribution in [1.82, 2.24) is 10.2 Å². The molecule has 3 fully saturated rings. The molecule has 3 aliphatic rings. The molecule has 0 unspecified atom stereocenters. The van der Waals surface area contributed by atoms with Gasteiger partial charge in [-0.2, -0.15) is 0 Å². The van der Waals surface area contributed by atoms with Crippen LogP contribution in [0, 0.1) is 16.7 Å². The number of carboxylic acids is 1. The molecule has 1 aliphatic heterocycles. The van der Waals surface area contributed by atoms with E-state index in [1.807, 2.05) is 4.90 Å². The van der Waals surface area contributed by atoms with Crippen LogP contribution in [0.5, 0.6) is 0 Å². The number of fused-ring (bicyclic) bond motifs is 1. The van der Waals surface area contributed by atoms with E-state index in [0.717, 1.165) is 32.4 Å². The minimum absolute atomic E-state index is 0.00797. The van der Waals surface area contributed by atoms with Gasteiger partial charge in [-0.15, -0.1) is 0 Å². The van der Waals surface area contributed by atoms with Crippen LogP contribution in [0.15, 0.2) is 0 Å². The Morgan fingerprint density at radius 3 is 2.32 bits per heavy atom. The fraction of sp³-hybridized carbons (Fsp3) is 0.857. The van der Waals surface area contributed by atoms with Crippen LogP contribution in [0.1, 0.15) is 39.5 Å². The average molecular weight is 266 g/mol. The van der Waals surface area contributed by atoms with E-state index in [1.54, 1.807) is 0 Å². The Kier molecular flexibility index (Phi) is 2.60. The van der Waals surface area contributed by atoms with Gasteiger partial charge in [0.25, 0.3) is 0 Å². The zero-order valence-corrected chi connectivity index (χ0v) is 11.6. The molecule has 2 N–H and O–H groups in total. The van der Waals surface area contributed by atoms with E-state index in [-0.39, 0.29) is 18.0 Å². The van der Waals surface area contributed by atoms with Gasteiger partial charge < -0.3 is 15.3 Å². The summed E-state index contributed by atoms with van der Waals surface area (Å²) in [5, 5.41) is 12.1. The first kappa shape index (κ1) is 12.8. The maximum absolute atomic E-state index is 12.1. The van der Waals surface area contributed by atoms with Gasteiger partial charge in [-0.1, -0.05) is 13.8 Å². The summed E-state index contributed by atoms with van der Waals surface area (Å²) in [4.78, 5) is 25.0. The lowest BCUT2D eigenvalue weighted by atomic mass is 9.80. The van der Waals surface area contributed by atoms with E-state index in [1.165, 1.54) is 0 Å². The predicted molar refractivity (Wildman–Crippen MR) is 69.7 cm³/mol. The summed E-state index contributed by atoms with van der Waals surface area (Å²) in [5.41, 5.74) is -0.149. The molecular formula is C14H22N2O3. The number of urea groups is 1. The highest BCUT2D eigenvalue weighted by Gasteiger charge is 2.72. The van der Waals surface area contributed by atoms with Gasteiger partial charge in [0.2, 0.25) is 0 Å². The number of aliphatic carboxylic acids is 1. The van der Waals surface area contributed by atoms with E-state index >= 15 is 0 Å². The zero-order chi connectivity index (χ0) is 13.8. The monoisotopic (exact) mass is 266 g/mol. The first-order chi connectivity index (χ1) is 8.84. The van der Waals surface area contributed by atoms with Crippen LogP contribution >= 0.6 is 0 Å². The number of likely N-dealkylation sites (tertiary alicyclic amines) is 1. The quantitative estimate of drug-likeness (QED) is 0.799. The van der Waals surface area contributed by atoms with Crippen LogP contribution < -0.4 is 5.32 Å². The summed E-state index contributed by atoms with van der Waals surface area (Å²) in [5.74, 6) is -0.516. The molecule has 0 bridgehead atoms. The van der Waals surface area contributed by atoms with Crippen molar-refractivity contribution in [1.29, 1.82) is 0 Å². The fourth-order valence-corrected chi connectivity index (χ4v) is 3.52. The summed E-state index contributed by atoms with van der Waals surface area (Å²) in [7, 11) is 0. The molecule has 19 heavy (non-hydrogen) atoms. The van der Waals surface area contributed by atoms with Crippen molar-refractivity contribution in [3.8, 4) is 0 Å². The van der Waals surface area contributed by atoms with Crippen molar-refractivity contribution >= 4 is 12.0 Å². The Hall–Kier alpha value is -1.26. The Bertz CT molecular complexity index is 424. The number of amides is 2. The first-order valence-corrected chi connectivity index (χ1v) is 7.13. The van der Waals surface area contributed by atoms with Gasteiger partial charge in [0.15, 0.2) is 0 Å². The van der Waals surface area contributed by atoms with Crippen LogP contribution in [0.2, 0.25) is 0 Å². The molecule has 2 saturated carbocycles. The van der Waals surface area contributed by atoms with Crippen LogP contribution in [-0.2, 0) is 4.79 Å². The molecule has 1 heterocycles. The van der Waals surface area contributed by atoms with Gasteiger partial charge in [0, 0.05) is 19.1 Å². The van der Waals surface area contributed by atoms with Crippen molar-refractivity contribution < 1.29 is 14.7 Å². The summed E-state index contributed by atoms with van der Waals surface area (Å²) < 4.78 is 0. The molecule has 2 amide bonds. The largest absolute Gasteiger partial charge is 0.481 e. The Balaban J connectivity index is 1.48. The van der Waals surface area contributed by atoms with E-state index < -0.39 is 11.4 Å². The number of nitrogens with one attached hydrogen (secondary N) is 1. The summed E-state index contributed by atoms with van der Waals surface area (Å²) in [6, 6.07) is 0.0740. The van der Waals surface area contributed by atoms with E-state index in [9.17, 15) is 9.59 Å². The zero-order valence-electron chi connectivity index (χ0n) is 11.6. The third-order valence-electron chi connectivity index (χ3n) is 5.34. The topological polar surface area (TPSA) is 69.6 Å². The minimum atomic E-state index is -0.692. The highest BCUT2D eigenvalue weighted by atomic mass is 16.4. The number of piperidine rings is 1. The average Bonchev–Trinajstić information content (AvgIpc) is 2.93. The molecule has 0 radical (unpaired) electrons. The number of carboxylic acid groups (broad SMARTS) is 1. The third kappa shape index (κ3) is 1.99. The van der Waals surface area contributed by atoms with Crippen molar-refractivity contribution in [2.45, 2.75) is 45.6 Å². The maximum atomic E-state index is 12.1. The van der Waals surface area contributed by atoms with Crippen LogP contribution in [0.4, 0.5) is 4.79 Å². The Labute approximate surface area is 113 Å². The minimum Gasteiger partial charge on any atom is -0.481 e. The highest BCUT2D eigenvalue weighted by molar-refractivity contribution is 5.82. The first-order valence-electron chi connectivity index (χ1n) is 7.13. The van der Waals surface area contributed by atoms with Crippen molar-refractivity contribution in [3.05, 3.63) is 0 Å². The van der Waals surface area contributed by atoms with Gasteiger partial charge in [0.1, 0.15) is 0 Å². The molecule has 2 aliphatic carbocycles. The van der Waals surface area contributed by atoms with Crippen molar-refractivity contribution in [2.75, 3.05) is 13.1 Å². The van der Waals surface area contributed by atoms with Crippen molar-refractivity contribution in [3.63, 3.8) is 0 Å². The molecular weight excluding hydrogens is 244 g/mol. The highest BCUT2D eigenvalue weighted by Crippen LogP contribution is 2.67. The Morgan fingerprint density at radius 2 is 1.84 bits per heavy atom. The van der Waals surface area contributed by atoms with Gasteiger partial charge in [-0.3, -0.25) is 4.79 Å². The second-order valence-corrected chi connectivity index (χ2v) is 7.18. The number of carbonyl (C=O) groups excluding carboxylic acids is 1. The molecule has 5 heteroatoms. The van der Waals surface area contributed by atoms with E-state index in [2.05, 4.69) is 19.2 Å². The standard InChI is InChI=1S/C14H22N2O3/c1-13(2)3-5-16(6-4-13)12(19)15-10-8-14(11(17)18)7-9(10)14/h9-10H,3-8H2,1-2H3,(H,15,19)(H,17,18)/t9-,10-,14-/m1/s1. The molecule has 3 atom stereocenters. The van der Waals surface area contributed by atoms with Crippen LogP contribution in [0.3, 0.4) is 0 Å². The number of hydrogen-bond donors (Lipinski definition) is 2. The number of rotatable bonds is 2. The fourth-order valence-electron chi connectivity index (χ4n) is 3.52. The molecule has 5 nitrogen and oxygen atoms in total. The summed E-state index contributed by atoms with van der Waals surface area (Å²) in [6.45, 7) is 6.08. The van der Waals surface area contributed by atoms with E-state index in [4.69, 9.17) is 5.11 Å². The van der Waals surface area contributed by atoms with Gasteiger partial charge in [-0.05, 0) is 37.0 Å². The lowest BCUT2D eigenvalue weighted by Gasteiger charge is -2.39. The number of carbonyl (C=O) groups is 2. The number of nitrogens with zero attached hydrogens (tertiary/aromatic N) is 1. The smallest absolute Gasteiger partial charge is 0.317 e. The van der Waals surface area contributed by atoms with Crippen LogP contribution in [-0.4, -0.2) is 41.1 Å². The molecule has 1 saturated heterocycles. The maximum Gasteiger partial charge on any atom is 0.317 e. The number of hydrogen-bond acceptors (Lipinski definition) is 2. The SMILES string of the molecule is CC1(C)CCN(C(=O)N[C@@H]2C[C@]3(C(=O)O)C[C@H]23)CC1. The molecule has 0 spiro atoms. The van der Waals surface area contributed by atoms with Crippen LogP contribution in [0.25, 0.3) is 0 Å². The second-order valence-electron chi connectivity index (χ2n) is 7.18. The Morgan fingerprint density at radius 1 is 1.21 bits per heavy atom. The molecule has 0 aromatic heterocycles. The van der Waals surface area contributed by atoms with E-state index in [0.29, 0.717) is 11.8 Å². The lowest BCUT2D eigenvalue weighted by Crippen LogP contribution is -2.54.